The lowest BCUT2D eigenvalue weighted by molar-refractivity contribution is -0.116. The third kappa shape index (κ3) is 4.27. The molecule has 0 spiro atoms. The summed E-state index contributed by atoms with van der Waals surface area (Å²) in [5.41, 5.74) is 0.916. The van der Waals surface area contributed by atoms with Crippen molar-refractivity contribution in [3.8, 4) is 10.8 Å². The van der Waals surface area contributed by atoms with Crippen molar-refractivity contribution in [2.24, 2.45) is 0 Å². The maximum atomic E-state index is 12.0. The van der Waals surface area contributed by atoms with Crippen LogP contribution in [0, 0.1) is 0 Å². The first-order chi connectivity index (χ1) is 11.5. The van der Waals surface area contributed by atoms with Gasteiger partial charge in [0, 0.05) is 6.42 Å². The maximum absolute atomic E-state index is 12.0. The fourth-order valence-electron chi connectivity index (χ4n) is 1.94. The highest BCUT2D eigenvalue weighted by Gasteiger charge is 2.13. The van der Waals surface area contributed by atoms with Crippen LogP contribution >= 0.6 is 46.1 Å². The monoisotopic (exact) mass is 401 g/mol. The Hall–Kier alpha value is -1.60. The molecule has 0 atom stereocenters. The van der Waals surface area contributed by atoms with Crippen molar-refractivity contribution < 1.29 is 9.21 Å². The largest absolute Gasteiger partial charge is 0.402 e. The number of nitrogens with zero attached hydrogens (tertiary/aromatic N) is 2. The number of benzene rings is 1. The number of hydrogen-bond acceptors (Lipinski definition) is 5. The quantitative estimate of drug-likeness (QED) is 0.626. The molecule has 1 N–H and O–H groups in total. The number of aryl methyl sites for hydroxylation is 1. The molecule has 0 saturated heterocycles. The van der Waals surface area contributed by atoms with E-state index in [-0.39, 0.29) is 18.3 Å². The molecule has 2 heterocycles. The van der Waals surface area contributed by atoms with Gasteiger partial charge in [-0.1, -0.05) is 46.0 Å². The van der Waals surface area contributed by atoms with Crippen LogP contribution in [0.2, 0.25) is 14.4 Å². The highest BCUT2D eigenvalue weighted by atomic mass is 35.5. The highest BCUT2D eigenvalue weighted by Crippen LogP contribution is 2.30. The summed E-state index contributed by atoms with van der Waals surface area (Å²) in [5, 5.41) is 11.2. The molecule has 0 aliphatic heterocycles. The summed E-state index contributed by atoms with van der Waals surface area (Å²) in [5.74, 6) is 0.0761. The number of aromatic nitrogens is 2. The fourth-order valence-corrected chi connectivity index (χ4v) is 3.22. The Morgan fingerprint density at radius 2 is 1.96 bits per heavy atom. The molecular weight excluding hydrogens is 393 g/mol. The van der Waals surface area contributed by atoms with Gasteiger partial charge in [-0.05, 0) is 36.2 Å². The number of halogens is 3. The predicted octanol–water partition coefficient (Wildman–Crippen LogP) is 5.33. The van der Waals surface area contributed by atoms with Crippen LogP contribution in [0.3, 0.4) is 0 Å². The maximum Gasteiger partial charge on any atom is 0.322 e. The minimum Gasteiger partial charge on any atom is -0.402 e. The second-order valence-electron chi connectivity index (χ2n) is 4.81. The summed E-state index contributed by atoms with van der Waals surface area (Å²) < 4.78 is 6.02. The third-order valence-corrected chi connectivity index (χ3v) is 5.04. The molecule has 0 aliphatic rings. The van der Waals surface area contributed by atoms with E-state index < -0.39 is 0 Å². The molecule has 0 radical (unpaired) electrons. The number of carbonyl (C=O) groups is 1. The van der Waals surface area contributed by atoms with Crippen molar-refractivity contribution in [2.45, 2.75) is 12.8 Å². The Morgan fingerprint density at radius 3 is 2.67 bits per heavy atom. The smallest absolute Gasteiger partial charge is 0.322 e. The third-order valence-electron chi connectivity index (χ3n) is 3.08. The molecule has 2 aromatic heterocycles. The first-order valence-electron chi connectivity index (χ1n) is 6.84. The Bertz CT molecular complexity index is 878. The van der Waals surface area contributed by atoms with Crippen molar-refractivity contribution in [3.05, 3.63) is 50.3 Å². The zero-order valence-electron chi connectivity index (χ0n) is 12.1. The topological polar surface area (TPSA) is 68.0 Å². The van der Waals surface area contributed by atoms with Crippen LogP contribution in [-0.4, -0.2) is 16.1 Å². The van der Waals surface area contributed by atoms with Gasteiger partial charge in [0.25, 0.3) is 5.89 Å². The van der Waals surface area contributed by atoms with Gasteiger partial charge in [0.1, 0.15) is 0 Å². The number of anilines is 1. The number of nitrogens with one attached hydrogen (secondary N) is 1. The molecular formula is C15H10Cl3N3O2S. The van der Waals surface area contributed by atoms with Crippen LogP contribution in [0.25, 0.3) is 10.8 Å². The van der Waals surface area contributed by atoms with Crippen LogP contribution in [0.4, 0.5) is 6.01 Å². The molecule has 1 aromatic carbocycles. The lowest BCUT2D eigenvalue weighted by Crippen LogP contribution is -2.12. The zero-order valence-corrected chi connectivity index (χ0v) is 15.1. The van der Waals surface area contributed by atoms with E-state index >= 15 is 0 Å². The van der Waals surface area contributed by atoms with Gasteiger partial charge in [-0.2, -0.15) is 0 Å². The van der Waals surface area contributed by atoms with Crippen molar-refractivity contribution in [1.29, 1.82) is 0 Å². The minimum atomic E-state index is -0.236. The van der Waals surface area contributed by atoms with Gasteiger partial charge < -0.3 is 4.42 Å². The molecule has 24 heavy (non-hydrogen) atoms. The summed E-state index contributed by atoms with van der Waals surface area (Å²) in [7, 11) is 0. The number of rotatable bonds is 5. The van der Waals surface area contributed by atoms with E-state index in [0.717, 1.165) is 10.4 Å². The van der Waals surface area contributed by atoms with Crippen LogP contribution in [0.5, 0.6) is 0 Å². The van der Waals surface area contributed by atoms with Crippen molar-refractivity contribution >= 4 is 58.1 Å². The van der Waals surface area contributed by atoms with E-state index in [2.05, 4.69) is 15.5 Å². The van der Waals surface area contributed by atoms with Crippen LogP contribution < -0.4 is 5.32 Å². The van der Waals surface area contributed by atoms with E-state index in [1.54, 1.807) is 24.3 Å². The van der Waals surface area contributed by atoms with E-state index in [1.807, 2.05) is 6.07 Å². The lowest BCUT2D eigenvalue weighted by Gasteiger charge is -2.03. The van der Waals surface area contributed by atoms with Gasteiger partial charge in [-0.15, -0.1) is 16.4 Å². The summed E-state index contributed by atoms with van der Waals surface area (Å²) in [6, 6.07) is 8.83. The Morgan fingerprint density at radius 1 is 1.12 bits per heavy atom. The summed E-state index contributed by atoms with van der Waals surface area (Å²) in [6.07, 6.45) is 0.769. The predicted molar refractivity (Wildman–Crippen MR) is 96.0 cm³/mol. The van der Waals surface area contributed by atoms with Crippen LogP contribution in [0.1, 0.15) is 12.0 Å². The molecule has 0 saturated carbocycles. The van der Waals surface area contributed by atoms with E-state index in [0.29, 0.717) is 26.7 Å². The van der Waals surface area contributed by atoms with Gasteiger partial charge in [-0.3, -0.25) is 10.1 Å². The second kappa shape index (κ2) is 7.53. The number of thiophene rings is 1. The number of hydrogen-bond donors (Lipinski definition) is 1. The summed E-state index contributed by atoms with van der Waals surface area (Å²) in [4.78, 5) is 12.7. The molecule has 1 amide bonds. The van der Waals surface area contributed by atoms with E-state index in [9.17, 15) is 4.79 Å². The van der Waals surface area contributed by atoms with Crippen LogP contribution in [-0.2, 0) is 11.2 Å². The van der Waals surface area contributed by atoms with Gasteiger partial charge >= 0.3 is 6.01 Å². The zero-order chi connectivity index (χ0) is 17.1. The van der Waals surface area contributed by atoms with E-state index in [1.165, 1.54) is 11.3 Å². The van der Waals surface area contributed by atoms with Gasteiger partial charge in [0.2, 0.25) is 5.91 Å². The molecule has 5 nitrogen and oxygen atoms in total. The molecule has 3 aromatic rings. The van der Waals surface area contributed by atoms with Crippen molar-refractivity contribution in [3.63, 3.8) is 0 Å². The fraction of sp³-hybridized carbons (Fsp3) is 0.133. The highest BCUT2D eigenvalue weighted by molar-refractivity contribution is 7.19. The molecule has 0 unspecified atom stereocenters. The number of carbonyl (C=O) groups excluding carboxylic acids is 1. The second-order valence-corrected chi connectivity index (χ2v) is 7.34. The molecule has 3 rings (SSSR count). The normalized spacial score (nSPS) is 10.8. The first-order valence-corrected chi connectivity index (χ1v) is 8.79. The standard InChI is InChI=1S/C15H10Cl3N3O2S/c16-9-3-1-8(7-10(9)17)2-6-13(22)19-15-21-20-14(23-15)11-4-5-12(18)24-11/h1,3-5,7H,2,6H2,(H,19,21,22). The first kappa shape index (κ1) is 17.2. The van der Waals surface area contributed by atoms with Crippen molar-refractivity contribution in [1.82, 2.24) is 10.2 Å². The average Bonchev–Trinajstić information content (AvgIpc) is 3.17. The summed E-state index contributed by atoms with van der Waals surface area (Å²) in [6.45, 7) is 0. The Kier molecular flexibility index (Phi) is 5.40. The molecule has 0 fully saturated rings. The lowest BCUT2D eigenvalue weighted by atomic mass is 10.1. The minimum absolute atomic E-state index is 0.0497. The van der Waals surface area contributed by atoms with Gasteiger partial charge in [0.15, 0.2) is 0 Å². The molecule has 9 heteroatoms. The average molecular weight is 403 g/mol. The number of amides is 1. The van der Waals surface area contributed by atoms with Crippen LogP contribution in [0.15, 0.2) is 34.7 Å². The molecule has 124 valence electrons. The van der Waals surface area contributed by atoms with E-state index in [4.69, 9.17) is 39.2 Å². The molecule has 0 aliphatic carbocycles. The Balaban J connectivity index is 1.57. The van der Waals surface area contributed by atoms with Gasteiger partial charge in [-0.25, -0.2) is 0 Å². The van der Waals surface area contributed by atoms with Crippen molar-refractivity contribution in [2.75, 3.05) is 5.32 Å². The summed E-state index contributed by atoms with van der Waals surface area (Å²) >= 11 is 19.0. The Labute approximate surface area is 156 Å². The SMILES string of the molecule is O=C(CCc1ccc(Cl)c(Cl)c1)Nc1nnc(-c2ccc(Cl)s2)o1. The van der Waals surface area contributed by atoms with Gasteiger partial charge in [0.05, 0.1) is 19.3 Å². The molecule has 0 bridgehead atoms.